The normalized spacial score (nSPS) is 19.0. The zero-order valence-corrected chi connectivity index (χ0v) is 13.3. The van der Waals surface area contributed by atoms with Crippen LogP contribution in [0.25, 0.3) is 0 Å². The van der Waals surface area contributed by atoms with Gasteiger partial charge in [-0.05, 0) is 43.6 Å². The van der Waals surface area contributed by atoms with Gasteiger partial charge < -0.3 is 15.7 Å². The van der Waals surface area contributed by atoms with Gasteiger partial charge in [-0.3, -0.25) is 0 Å². The second-order valence-corrected chi connectivity index (χ2v) is 5.81. The minimum Gasteiger partial charge on any atom is -0.396 e. The first kappa shape index (κ1) is 16.2. The molecule has 0 amide bonds. The summed E-state index contributed by atoms with van der Waals surface area (Å²) >= 11 is 0. The number of nitrogens with two attached hydrogens (primary N) is 1. The number of aliphatic hydroxyl groups is 1. The highest BCUT2D eigenvalue weighted by molar-refractivity contribution is 5.51. The van der Waals surface area contributed by atoms with Gasteiger partial charge >= 0.3 is 0 Å². The predicted molar refractivity (Wildman–Crippen MR) is 85.3 cm³/mol. The molecule has 3 N–H and O–H groups in total. The van der Waals surface area contributed by atoms with Gasteiger partial charge in [-0.15, -0.1) is 5.10 Å². The average Bonchev–Trinajstić information content (AvgIpc) is 2.53. The van der Waals surface area contributed by atoms with Gasteiger partial charge in [0.15, 0.2) is 5.82 Å². The van der Waals surface area contributed by atoms with Crippen LogP contribution in [0.2, 0.25) is 0 Å². The van der Waals surface area contributed by atoms with Crippen LogP contribution in [0.15, 0.2) is 0 Å². The van der Waals surface area contributed by atoms with Gasteiger partial charge in [-0.2, -0.15) is 5.10 Å². The van der Waals surface area contributed by atoms with Gasteiger partial charge in [0.25, 0.3) is 0 Å². The maximum atomic E-state index is 9.16. The van der Waals surface area contributed by atoms with Crippen molar-refractivity contribution >= 4 is 5.82 Å². The summed E-state index contributed by atoms with van der Waals surface area (Å²) in [5.41, 5.74) is 9.52. The van der Waals surface area contributed by atoms with Crippen LogP contribution < -0.4 is 10.6 Å². The van der Waals surface area contributed by atoms with Crippen molar-refractivity contribution in [2.24, 2.45) is 11.7 Å². The van der Waals surface area contributed by atoms with Crippen molar-refractivity contribution in [1.82, 2.24) is 10.2 Å². The summed E-state index contributed by atoms with van der Waals surface area (Å²) in [6, 6.07) is 0. The quantitative estimate of drug-likeness (QED) is 0.834. The molecule has 5 heteroatoms. The fourth-order valence-corrected chi connectivity index (χ4v) is 3.38. The molecule has 1 fully saturated rings. The number of hydrogen-bond acceptors (Lipinski definition) is 5. The molecule has 1 aromatic rings. The zero-order chi connectivity index (χ0) is 15.2. The molecule has 1 aromatic heterocycles. The third kappa shape index (κ3) is 3.52. The first-order chi connectivity index (χ1) is 10.2. The van der Waals surface area contributed by atoms with E-state index < -0.39 is 0 Å². The molecule has 0 saturated carbocycles. The van der Waals surface area contributed by atoms with Gasteiger partial charge in [0.05, 0.1) is 5.69 Å². The number of anilines is 1. The van der Waals surface area contributed by atoms with Gasteiger partial charge in [-0.1, -0.05) is 13.8 Å². The number of rotatable bonds is 6. The van der Waals surface area contributed by atoms with E-state index in [9.17, 15) is 0 Å². The summed E-state index contributed by atoms with van der Waals surface area (Å²) < 4.78 is 0. The Balaban J connectivity index is 2.30. The Morgan fingerprint density at radius 1 is 1.24 bits per heavy atom. The second-order valence-electron chi connectivity index (χ2n) is 5.81. The molecule has 1 unspecified atom stereocenters. The summed E-state index contributed by atoms with van der Waals surface area (Å²) in [5.74, 6) is 1.52. The summed E-state index contributed by atoms with van der Waals surface area (Å²) in [4.78, 5) is 2.32. The van der Waals surface area contributed by atoms with E-state index in [4.69, 9.17) is 10.8 Å². The van der Waals surface area contributed by atoms with E-state index in [2.05, 4.69) is 28.9 Å². The van der Waals surface area contributed by atoms with Crippen LogP contribution in [0.3, 0.4) is 0 Å². The lowest BCUT2D eigenvalue weighted by atomic mass is 9.94. The van der Waals surface area contributed by atoms with Gasteiger partial charge in [0.1, 0.15) is 0 Å². The van der Waals surface area contributed by atoms with Crippen molar-refractivity contribution in [1.29, 1.82) is 0 Å². The summed E-state index contributed by atoms with van der Waals surface area (Å²) in [7, 11) is 0. The molecule has 1 atom stereocenters. The minimum atomic E-state index is 0.267. The smallest absolute Gasteiger partial charge is 0.156 e. The maximum absolute atomic E-state index is 9.16. The van der Waals surface area contributed by atoms with Crippen LogP contribution in [0.5, 0.6) is 0 Å². The lowest BCUT2D eigenvalue weighted by molar-refractivity contribution is 0.244. The topological polar surface area (TPSA) is 75.3 Å². The fourth-order valence-electron chi connectivity index (χ4n) is 3.38. The van der Waals surface area contributed by atoms with Gasteiger partial charge in [0.2, 0.25) is 0 Å². The molecule has 2 rings (SSSR count). The highest BCUT2D eigenvalue weighted by atomic mass is 16.3. The average molecular weight is 292 g/mol. The number of piperidine rings is 1. The van der Waals surface area contributed by atoms with Crippen molar-refractivity contribution in [3.63, 3.8) is 0 Å². The number of aryl methyl sites for hydroxylation is 1. The molecule has 1 saturated heterocycles. The Labute approximate surface area is 127 Å². The predicted octanol–water partition coefficient (Wildman–Crippen LogP) is 1.66. The van der Waals surface area contributed by atoms with Crippen molar-refractivity contribution in [2.75, 3.05) is 24.6 Å². The van der Waals surface area contributed by atoms with E-state index in [1.54, 1.807) is 0 Å². The van der Waals surface area contributed by atoms with E-state index in [1.807, 2.05) is 0 Å². The lowest BCUT2D eigenvalue weighted by Gasteiger charge is -2.34. The Morgan fingerprint density at radius 2 is 2.05 bits per heavy atom. The van der Waals surface area contributed by atoms with E-state index >= 15 is 0 Å². The lowest BCUT2D eigenvalue weighted by Crippen LogP contribution is -2.37. The van der Waals surface area contributed by atoms with Crippen molar-refractivity contribution in [3.8, 4) is 0 Å². The van der Waals surface area contributed by atoms with E-state index in [-0.39, 0.29) is 6.61 Å². The molecule has 118 valence electrons. The van der Waals surface area contributed by atoms with E-state index in [1.165, 1.54) is 12.0 Å². The molecule has 21 heavy (non-hydrogen) atoms. The van der Waals surface area contributed by atoms with Crippen LogP contribution in [-0.2, 0) is 19.4 Å². The molecule has 2 heterocycles. The van der Waals surface area contributed by atoms with Crippen LogP contribution in [0.1, 0.15) is 49.9 Å². The highest BCUT2D eigenvalue weighted by Gasteiger charge is 2.24. The molecule has 0 aromatic carbocycles. The number of aromatic nitrogens is 2. The molecule has 0 bridgehead atoms. The largest absolute Gasteiger partial charge is 0.396 e. The summed E-state index contributed by atoms with van der Waals surface area (Å²) in [5, 5.41) is 18.1. The first-order valence-electron chi connectivity index (χ1n) is 8.18. The summed E-state index contributed by atoms with van der Waals surface area (Å²) in [6.45, 7) is 7.02. The minimum absolute atomic E-state index is 0.267. The molecule has 5 nitrogen and oxygen atoms in total. The second kappa shape index (κ2) is 7.71. The monoisotopic (exact) mass is 292 g/mol. The molecule has 1 aliphatic heterocycles. The Hall–Kier alpha value is -1.20. The highest BCUT2D eigenvalue weighted by Crippen LogP contribution is 2.28. The maximum Gasteiger partial charge on any atom is 0.156 e. The van der Waals surface area contributed by atoms with Crippen LogP contribution in [0, 0.1) is 5.92 Å². The van der Waals surface area contributed by atoms with Crippen molar-refractivity contribution in [2.45, 2.75) is 52.5 Å². The standard InChI is InChI=1S/C16H28N4O/c1-3-13-14(10-17)16(19-18-15(13)4-2)20-8-5-6-12(11-20)7-9-21/h12,21H,3-11,17H2,1-2H3. The molecule has 0 radical (unpaired) electrons. The molecule has 0 spiro atoms. The van der Waals surface area contributed by atoms with Crippen molar-refractivity contribution in [3.05, 3.63) is 16.8 Å². The number of aliphatic hydroxyl groups excluding tert-OH is 1. The number of hydrogen-bond donors (Lipinski definition) is 2. The summed E-state index contributed by atoms with van der Waals surface area (Å²) in [6.07, 6.45) is 5.06. The number of nitrogens with zero attached hydrogens (tertiary/aromatic N) is 3. The van der Waals surface area contributed by atoms with Crippen LogP contribution in [0.4, 0.5) is 5.82 Å². The van der Waals surface area contributed by atoms with Crippen LogP contribution in [-0.4, -0.2) is 35.0 Å². The third-order valence-electron chi connectivity index (χ3n) is 4.50. The van der Waals surface area contributed by atoms with Crippen molar-refractivity contribution < 1.29 is 5.11 Å². The Kier molecular flexibility index (Phi) is 5.94. The van der Waals surface area contributed by atoms with E-state index in [0.717, 1.165) is 55.8 Å². The fraction of sp³-hybridized carbons (Fsp3) is 0.750. The van der Waals surface area contributed by atoms with E-state index in [0.29, 0.717) is 12.5 Å². The Bertz CT molecular complexity index is 462. The molecular formula is C16H28N4O. The molecule has 1 aliphatic rings. The SMILES string of the molecule is CCc1nnc(N2CCCC(CCO)C2)c(CN)c1CC. The van der Waals surface area contributed by atoms with Gasteiger partial charge in [-0.25, -0.2) is 0 Å². The van der Waals surface area contributed by atoms with Gasteiger partial charge in [0, 0.05) is 31.8 Å². The Morgan fingerprint density at radius 3 is 2.67 bits per heavy atom. The zero-order valence-electron chi connectivity index (χ0n) is 13.3. The third-order valence-corrected chi connectivity index (χ3v) is 4.50. The molecule has 0 aliphatic carbocycles. The van der Waals surface area contributed by atoms with Crippen LogP contribution >= 0.6 is 0 Å². The molecular weight excluding hydrogens is 264 g/mol. The first-order valence-corrected chi connectivity index (χ1v) is 8.18.